The minimum absolute atomic E-state index is 0.0465. The molecule has 0 aliphatic carbocycles. The third kappa shape index (κ3) is 6.30. The van der Waals surface area contributed by atoms with Crippen LogP contribution >= 0.6 is 11.8 Å². The molecule has 34 heavy (non-hydrogen) atoms. The van der Waals surface area contributed by atoms with Gasteiger partial charge in [-0.3, -0.25) is 9.78 Å². The van der Waals surface area contributed by atoms with Gasteiger partial charge in [-0.1, -0.05) is 18.2 Å². The summed E-state index contributed by atoms with van der Waals surface area (Å²) in [7, 11) is 3.21. The number of aryl methyl sites for hydroxylation is 1. The smallest absolute Gasteiger partial charge is 0.310 e. The first-order valence-electron chi connectivity index (χ1n) is 12.1. The fourth-order valence-corrected chi connectivity index (χ4v) is 5.86. The Kier molecular flexibility index (Phi) is 8.83. The van der Waals surface area contributed by atoms with Gasteiger partial charge in [-0.2, -0.15) is 0 Å². The number of carbonyl (C=O) groups excluding carboxylic acids is 1. The fourth-order valence-electron chi connectivity index (χ4n) is 4.93. The van der Waals surface area contributed by atoms with Crippen molar-refractivity contribution in [3.8, 4) is 5.75 Å². The lowest BCUT2D eigenvalue weighted by atomic mass is 9.81. The third-order valence-corrected chi connectivity index (χ3v) is 7.82. The number of ether oxygens (including phenoxy) is 2. The van der Waals surface area contributed by atoms with Gasteiger partial charge >= 0.3 is 5.97 Å². The van der Waals surface area contributed by atoms with Crippen LogP contribution in [-0.2, 0) is 16.0 Å². The van der Waals surface area contributed by atoms with Crippen molar-refractivity contribution < 1.29 is 14.3 Å². The predicted octanol–water partition coefficient (Wildman–Crippen LogP) is 5.47. The number of esters is 1. The molecule has 1 fully saturated rings. The molecule has 1 aliphatic heterocycles. The molecule has 6 heteroatoms. The van der Waals surface area contributed by atoms with Gasteiger partial charge in [-0.05, 0) is 80.1 Å². The first-order chi connectivity index (χ1) is 16.7. The van der Waals surface area contributed by atoms with Gasteiger partial charge < -0.3 is 14.4 Å². The first kappa shape index (κ1) is 24.6. The summed E-state index contributed by atoms with van der Waals surface area (Å²) in [6.07, 6.45) is 5.96. The number of fused-ring (bicyclic) bond motifs is 1. The number of rotatable bonds is 10. The van der Waals surface area contributed by atoms with Crippen molar-refractivity contribution in [3.05, 3.63) is 66.4 Å². The van der Waals surface area contributed by atoms with E-state index in [1.54, 1.807) is 7.11 Å². The maximum absolute atomic E-state index is 12.6. The highest BCUT2D eigenvalue weighted by Gasteiger charge is 2.34. The zero-order chi connectivity index (χ0) is 23.8. The van der Waals surface area contributed by atoms with E-state index in [0.717, 1.165) is 67.7 Å². The molecule has 2 atom stereocenters. The fraction of sp³-hybridized carbons (Fsp3) is 0.429. The van der Waals surface area contributed by atoms with Gasteiger partial charge in [0.25, 0.3) is 0 Å². The molecule has 3 aromatic rings. The molecule has 5 nitrogen and oxygen atoms in total. The number of pyridine rings is 1. The summed E-state index contributed by atoms with van der Waals surface area (Å²) in [6, 6.07) is 18.6. The minimum atomic E-state index is -0.0653. The van der Waals surface area contributed by atoms with Gasteiger partial charge in [0.1, 0.15) is 5.75 Å². The average Bonchev–Trinajstić information content (AvgIpc) is 2.89. The maximum atomic E-state index is 12.6. The summed E-state index contributed by atoms with van der Waals surface area (Å²) in [4.78, 5) is 20.8. The normalized spacial score (nSPS) is 18.6. The van der Waals surface area contributed by atoms with Crippen LogP contribution < -0.4 is 4.74 Å². The van der Waals surface area contributed by atoms with Crippen LogP contribution in [0.3, 0.4) is 0 Å². The Labute approximate surface area is 206 Å². The lowest BCUT2D eigenvalue weighted by Crippen LogP contribution is -2.45. The number of thioether (sulfide) groups is 1. The second kappa shape index (κ2) is 12.2. The van der Waals surface area contributed by atoms with Gasteiger partial charge in [0, 0.05) is 35.3 Å². The van der Waals surface area contributed by atoms with Crippen molar-refractivity contribution in [2.24, 2.45) is 11.8 Å². The van der Waals surface area contributed by atoms with E-state index < -0.39 is 0 Å². The van der Waals surface area contributed by atoms with Crippen molar-refractivity contribution in [3.63, 3.8) is 0 Å². The lowest BCUT2D eigenvalue weighted by molar-refractivity contribution is -0.149. The second-order valence-corrected chi connectivity index (χ2v) is 10.1. The Morgan fingerprint density at radius 1 is 1.15 bits per heavy atom. The quantitative estimate of drug-likeness (QED) is 0.285. The zero-order valence-corrected chi connectivity index (χ0v) is 20.9. The summed E-state index contributed by atoms with van der Waals surface area (Å²) in [5.41, 5.74) is 2.28. The second-order valence-electron chi connectivity index (χ2n) is 8.89. The largest absolute Gasteiger partial charge is 0.497 e. The molecule has 0 spiro atoms. The molecule has 0 N–H and O–H groups in total. The number of methoxy groups -OCH3 is 2. The molecular weight excluding hydrogens is 444 g/mol. The average molecular weight is 479 g/mol. The Morgan fingerprint density at radius 3 is 2.79 bits per heavy atom. The summed E-state index contributed by atoms with van der Waals surface area (Å²) in [5.74, 6) is 2.14. The van der Waals surface area contributed by atoms with Gasteiger partial charge in [0.05, 0.1) is 25.7 Å². The van der Waals surface area contributed by atoms with Gasteiger partial charge in [0.15, 0.2) is 0 Å². The van der Waals surface area contributed by atoms with Crippen LogP contribution in [0.4, 0.5) is 0 Å². The molecule has 0 amide bonds. The monoisotopic (exact) mass is 478 g/mol. The molecule has 1 saturated heterocycles. The maximum Gasteiger partial charge on any atom is 0.310 e. The molecular formula is C28H34N2O3S. The summed E-state index contributed by atoms with van der Waals surface area (Å²) >= 11 is 1.87. The van der Waals surface area contributed by atoms with Crippen molar-refractivity contribution in [1.82, 2.24) is 9.88 Å². The van der Waals surface area contributed by atoms with Crippen molar-refractivity contribution in [1.29, 1.82) is 0 Å². The van der Waals surface area contributed by atoms with Crippen molar-refractivity contribution >= 4 is 28.6 Å². The van der Waals surface area contributed by atoms with Crippen LogP contribution in [-0.4, -0.2) is 55.5 Å². The summed E-state index contributed by atoms with van der Waals surface area (Å²) in [5, 5.41) is 1.15. The number of aromatic nitrogens is 1. The molecule has 180 valence electrons. The zero-order valence-electron chi connectivity index (χ0n) is 20.1. The summed E-state index contributed by atoms with van der Waals surface area (Å²) < 4.78 is 10.6. The highest BCUT2D eigenvalue weighted by Crippen LogP contribution is 2.31. The van der Waals surface area contributed by atoms with Crippen LogP contribution in [0, 0.1) is 11.8 Å². The molecule has 2 heterocycles. The molecule has 1 aliphatic rings. The van der Waals surface area contributed by atoms with Crippen LogP contribution in [0.2, 0.25) is 0 Å². The molecule has 0 unspecified atom stereocenters. The number of hydrogen-bond acceptors (Lipinski definition) is 6. The first-order valence-corrected chi connectivity index (χ1v) is 13.1. The topological polar surface area (TPSA) is 51.7 Å². The SMILES string of the molecule is COC(=O)[C@H]1CN(CCSc2ccccc2)CC[C@H]1CCCc1ccnc2ccc(OC)cc12. The van der Waals surface area contributed by atoms with Crippen LogP contribution in [0.1, 0.15) is 24.8 Å². The van der Waals surface area contributed by atoms with Crippen molar-refractivity contribution in [2.75, 3.05) is 39.6 Å². The van der Waals surface area contributed by atoms with Crippen LogP contribution in [0.5, 0.6) is 5.75 Å². The molecule has 0 bridgehead atoms. The molecule has 4 rings (SSSR count). The Balaban J connectivity index is 1.32. The summed E-state index contributed by atoms with van der Waals surface area (Å²) in [6.45, 7) is 2.83. The van der Waals surface area contributed by atoms with E-state index in [-0.39, 0.29) is 11.9 Å². The number of piperidine rings is 1. The Hall–Kier alpha value is -2.57. The highest BCUT2D eigenvalue weighted by molar-refractivity contribution is 7.99. The lowest BCUT2D eigenvalue weighted by Gasteiger charge is -2.37. The third-order valence-electron chi connectivity index (χ3n) is 6.82. The minimum Gasteiger partial charge on any atom is -0.497 e. The molecule has 1 aromatic heterocycles. The number of nitrogens with zero attached hydrogens (tertiary/aromatic N) is 2. The van der Waals surface area contributed by atoms with E-state index in [9.17, 15) is 4.79 Å². The van der Waals surface area contributed by atoms with Gasteiger partial charge in [-0.15, -0.1) is 11.8 Å². The van der Waals surface area contributed by atoms with E-state index in [1.165, 1.54) is 17.6 Å². The standard InChI is InChI=1S/C28H34N2O3S/c1-32-23-11-12-27-25(19-23)21(13-15-29-27)7-6-8-22-14-16-30(20-26(22)28(31)33-2)17-18-34-24-9-4-3-5-10-24/h3-5,9-13,15,19,22,26H,6-8,14,16-18,20H2,1-2H3/t22-,26+/m1/s1. The number of benzene rings is 2. The van der Waals surface area contributed by atoms with Gasteiger partial charge in [-0.25, -0.2) is 0 Å². The van der Waals surface area contributed by atoms with E-state index in [4.69, 9.17) is 9.47 Å². The van der Waals surface area contributed by atoms with Crippen LogP contribution in [0.25, 0.3) is 10.9 Å². The molecule has 0 saturated carbocycles. The molecule has 0 radical (unpaired) electrons. The molecule has 2 aromatic carbocycles. The van der Waals surface area contributed by atoms with Crippen molar-refractivity contribution in [2.45, 2.75) is 30.6 Å². The van der Waals surface area contributed by atoms with E-state index >= 15 is 0 Å². The highest BCUT2D eigenvalue weighted by atomic mass is 32.2. The Bertz CT molecular complexity index is 1080. The predicted molar refractivity (Wildman–Crippen MR) is 138 cm³/mol. The van der Waals surface area contributed by atoms with Gasteiger partial charge in [0.2, 0.25) is 0 Å². The number of carbonyl (C=O) groups is 1. The van der Waals surface area contributed by atoms with E-state index in [0.29, 0.717) is 5.92 Å². The Morgan fingerprint density at radius 2 is 2.00 bits per heavy atom. The van der Waals surface area contributed by atoms with E-state index in [2.05, 4.69) is 46.3 Å². The van der Waals surface area contributed by atoms with Crippen LogP contribution in [0.15, 0.2) is 65.7 Å². The number of hydrogen-bond donors (Lipinski definition) is 0. The number of likely N-dealkylation sites (tertiary alicyclic amines) is 1. The van der Waals surface area contributed by atoms with E-state index in [1.807, 2.05) is 36.2 Å².